The predicted molar refractivity (Wildman–Crippen MR) is 91.0 cm³/mol. The Bertz CT molecular complexity index is 394. The van der Waals surface area contributed by atoms with Crippen LogP contribution in [0.15, 0.2) is 23.3 Å². The van der Waals surface area contributed by atoms with Crippen LogP contribution in [0.2, 0.25) is 0 Å². The van der Waals surface area contributed by atoms with Crippen LogP contribution in [0.5, 0.6) is 0 Å². The molecule has 5 heteroatoms. The van der Waals surface area contributed by atoms with Gasteiger partial charge in [-0.25, -0.2) is 0 Å². The smallest absolute Gasteiger partial charge is 0.191 e. The second kappa shape index (κ2) is 8.45. The molecule has 108 valence electrons. The highest BCUT2D eigenvalue weighted by Gasteiger charge is 2.14. The zero-order valence-electron chi connectivity index (χ0n) is 11.9. The lowest BCUT2D eigenvalue weighted by atomic mass is 9.96. The van der Waals surface area contributed by atoms with Gasteiger partial charge in [0.15, 0.2) is 5.96 Å². The van der Waals surface area contributed by atoms with Gasteiger partial charge in [0, 0.05) is 32.0 Å². The van der Waals surface area contributed by atoms with Crippen LogP contribution in [0.3, 0.4) is 0 Å². The number of nitrogens with zero attached hydrogens (tertiary/aromatic N) is 2. The minimum Gasteiger partial charge on any atom is -0.354 e. The van der Waals surface area contributed by atoms with E-state index in [2.05, 4.69) is 45.6 Å². The van der Waals surface area contributed by atoms with Gasteiger partial charge in [0.2, 0.25) is 0 Å². The molecule has 0 saturated heterocycles. The van der Waals surface area contributed by atoms with Gasteiger partial charge < -0.3 is 15.2 Å². The molecule has 19 heavy (non-hydrogen) atoms. The maximum atomic E-state index is 4.30. The maximum Gasteiger partial charge on any atom is 0.191 e. The molecule has 1 aliphatic carbocycles. The summed E-state index contributed by atoms with van der Waals surface area (Å²) < 4.78 is 2.13. The summed E-state index contributed by atoms with van der Waals surface area (Å²) in [4.78, 5) is 4.30. The highest BCUT2D eigenvalue weighted by molar-refractivity contribution is 14.0. The monoisotopic (exact) mass is 376 g/mol. The molecule has 4 nitrogen and oxygen atoms in total. The first-order chi connectivity index (χ1) is 8.79. The van der Waals surface area contributed by atoms with Crippen LogP contribution >= 0.6 is 24.0 Å². The predicted octanol–water partition coefficient (Wildman–Crippen LogP) is 2.64. The van der Waals surface area contributed by atoms with Crippen LogP contribution in [-0.2, 0) is 13.6 Å². The van der Waals surface area contributed by atoms with Crippen molar-refractivity contribution in [2.24, 2.45) is 12.0 Å². The van der Waals surface area contributed by atoms with Crippen LogP contribution in [0.4, 0.5) is 0 Å². The van der Waals surface area contributed by atoms with E-state index in [1.807, 2.05) is 7.05 Å². The molecule has 0 atom stereocenters. The number of aromatic nitrogens is 1. The first-order valence-electron chi connectivity index (χ1n) is 6.87. The lowest BCUT2D eigenvalue weighted by Gasteiger charge is -2.24. The van der Waals surface area contributed by atoms with Gasteiger partial charge in [-0.05, 0) is 25.0 Å². The summed E-state index contributed by atoms with van der Waals surface area (Å²) in [5, 5.41) is 6.90. The molecule has 1 aromatic rings. The van der Waals surface area contributed by atoms with E-state index in [0.717, 1.165) is 12.5 Å². The van der Waals surface area contributed by atoms with Gasteiger partial charge in [-0.3, -0.25) is 4.99 Å². The highest BCUT2D eigenvalue weighted by atomic mass is 127. The standard InChI is InChI=1S/C14H24N4.HI/c1-15-14(17-12-7-4-3-5-8-12)16-11-13-9-6-10-18(13)2;/h6,9-10,12H,3-5,7-8,11H2,1-2H3,(H2,15,16,17);1H. The fourth-order valence-electron chi connectivity index (χ4n) is 2.49. The second-order valence-electron chi connectivity index (χ2n) is 5.02. The number of aryl methyl sites for hydroxylation is 1. The number of hydrogen-bond acceptors (Lipinski definition) is 1. The van der Waals surface area contributed by atoms with Crippen molar-refractivity contribution in [2.45, 2.75) is 44.7 Å². The van der Waals surface area contributed by atoms with E-state index in [1.54, 1.807) is 0 Å². The third-order valence-corrected chi connectivity index (χ3v) is 3.66. The molecule has 1 saturated carbocycles. The molecule has 0 bridgehead atoms. The van der Waals surface area contributed by atoms with Crippen LogP contribution in [0.25, 0.3) is 0 Å². The topological polar surface area (TPSA) is 41.4 Å². The molecule has 0 unspecified atom stereocenters. The van der Waals surface area contributed by atoms with Gasteiger partial charge in [0.1, 0.15) is 0 Å². The quantitative estimate of drug-likeness (QED) is 0.484. The van der Waals surface area contributed by atoms with Crippen LogP contribution < -0.4 is 10.6 Å². The molecule has 1 heterocycles. The normalized spacial score (nSPS) is 16.8. The van der Waals surface area contributed by atoms with Crippen molar-refractivity contribution < 1.29 is 0 Å². The average Bonchev–Trinajstić information content (AvgIpc) is 2.81. The Balaban J connectivity index is 0.00000180. The Kier molecular flexibility index (Phi) is 7.27. The van der Waals surface area contributed by atoms with Gasteiger partial charge in [0.25, 0.3) is 0 Å². The average molecular weight is 376 g/mol. The summed E-state index contributed by atoms with van der Waals surface area (Å²) >= 11 is 0. The van der Waals surface area contributed by atoms with Crippen molar-refractivity contribution in [1.82, 2.24) is 15.2 Å². The van der Waals surface area contributed by atoms with Crippen LogP contribution in [0, 0.1) is 0 Å². The van der Waals surface area contributed by atoms with Crippen molar-refractivity contribution in [3.63, 3.8) is 0 Å². The van der Waals surface area contributed by atoms with Crippen molar-refractivity contribution >= 4 is 29.9 Å². The summed E-state index contributed by atoms with van der Waals surface area (Å²) in [7, 11) is 3.90. The van der Waals surface area contributed by atoms with Crippen molar-refractivity contribution in [1.29, 1.82) is 0 Å². The van der Waals surface area contributed by atoms with Crippen molar-refractivity contribution in [3.05, 3.63) is 24.0 Å². The number of aliphatic imine (C=N–C) groups is 1. The van der Waals surface area contributed by atoms with E-state index in [0.29, 0.717) is 6.04 Å². The summed E-state index contributed by atoms with van der Waals surface area (Å²) in [5.74, 6) is 0.920. The van der Waals surface area contributed by atoms with E-state index < -0.39 is 0 Å². The zero-order valence-corrected chi connectivity index (χ0v) is 14.2. The Morgan fingerprint density at radius 1 is 1.37 bits per heavy atom. The highest BCUT2D eigenvalue weighted by Crippen LogP contribution is 2.17. The molecular weight excluding hydrogens is 351 g/mol. The number of halogens is 1. The minimum absolute atomic E-state index is 0. The van der Waals surface area contributed by atoms with Gasteiger partial charge in [-0.15, -0.1) is 24.0 Å². The SMILES string of the molecule is CN=C(NCc1cccn1C)NC1CCCCC1.I. The molecule has 0 amide bonds. The molecule has 0 radical (unpaired) electrons. The summed E-state index contributed by atoms with van der Waals surface area (Å²) in [6.07, 6.45) is 8.66. The van der Waals surface area contributed by atoms with E-state index in [9.17, 15) is 0 Å². The van der Waals surface area contributed by atoms with E-state index in [4.69, 9.17) is 0 Å². The minimum atomic E-state index is 0. The Labute approximate surface area is 133 Å². The number of guanidine groups is 1. The molecule has 0 aliphatic heterocycles. The third kappa shape index (κ3) is 5.04. The van der Waals surface area contributed by atoms with Crippen LogP contribution in [0.1, 0.15) is 37.8 Å². The molecule has 1 aliphatic rings. The van der Waals surface area contributed by atoms with E-state index in [1.165, 1.54) is 37.8 Å². The van der Waals surface area contributed by atoms with Crippen molar-refractivity contribution in [3.8, 4) is 0 Å². The lowest BCUT2D eigenvalue weighted by molar-refractivity contribution is 0.410. The Morgan fingerprint density at radius 3 is 2.68 bits per heavy atom. The zero-order chi connectivity index (χ0) is 12.8. The van der Waals surface area contributed by atoms with Gasteiger partial charge >= 0.3 is 0 Å². The summed E-state index contributed by atoms with van der Waals surface area (Å²) in [5.41, 5.74) is 1.27. The molecule has 0 spiro atoms. The van der Waals surface area contributed by atoms with Gasteiger partial charge in [0.05, 0.1) is 6.54 Å². The molecular formula is C14H25IN4. The third-order valence-electron chi connectivity index (χ3n) is 3.66. The largest absolute Gasteiger partial charge is 0.354 e. The van der Waals surface area contributed by atoms with E-state index >= 15 is 0 Å². The lowest BCUT2D eigenvalue weighted by Crippen LogP contribution is -2.44. The maximum absolute atomic E-state index is 4.30. The number of hydrogen-bond donors (Lipinski definition) is 2. The summed E-state index contributed by atoms with van der Waals surface area (Å²) in [6, 6.07) is 4.79. The number of nitrogens with one attached hydrogen (secondary N) is 2. The Morgan fingerprint density at radius 2 is 2.11 bits per heavy atom. The van der Waals surface area contributed by atoms with Crippen molar-refractivity contribution in [2.75, 3.05) is 7.05 Å². The number of rotatable bonds is 3. The first kappa shape index (κ1) is 16.3. The fraction of sp³-hybridized carbons (Fsp3) is 0.643. The molecule has 1 aromatic heterocycles. The van der Waals surface area contributed by atoms with Gasteiger partial charge in [-0.2, -0.15) is 0 Å². The fourth-order valence-corrected chi connectivity index (χ4v) is 2.49. The molecule has 0 aromatic carbocycles. The first-order valence-corrected chi connectivity index (χ1v) is 6.87. The van der Waals surface area contributed by atoms with E-state index in [-0.39, 0.29) is 24.0 Å². The molecule has 1 fully saturated rings. The van der Waals surface area contributed by atoms with Gasteiger partial charge in [-0.1, -0.05) is 19.3 Å². The summed E-state index contributed by atoms with van der Waals surface area (Å²) in [6.45, 7) is 0.815. The second-order valence-corrected chi connectivity index (χ2v) is 5.02. The Hall–Kier alpha value is -0.720. The molecule has 2 rings (SSSR count). The van der Waals surface area contributed by atoms with Crippen LogP contribution in [-0.4, -0.2) is 23.6 Å². The molecule has 2 N–H and O–H groups in total.